The molecule has 0 atom stereocenters. The van der Waals surface area contributed by atoms with Gasteiger partial charge < -0.3 is 4.90 Å². The van der Waals surface area contributed by atoms with Gasteiger partial charge in [-0.3, -0.25) is 10.2 Å². The summed E-state index contributed by atoms with van der Waals surface area (Å²) in [6.45, 7) is 8.50. The molecule has 0 aliphatic carbocycles. The summed E-state index contributed by atoms with van der Waals surface area (Å²) in [6, 6.07) is 8.00. The lowest BCUT2D eigenvalue weighted by atomic mass is 9.95. The van der Waals surface area contributed by atoms with Crippen molar-refractivity contribution >= 4 is 5.91 Å². The second-order valence-electron chi connectivity index (χ2n) is 6.25. The summed E-state index contributed by atoms with van der Waals surface area (Å²) in [4.78, 5) is 13.7. The molecule has 106 valence electrons. The van der Waals surface area contributed by atoms with E-state index >= 15 is 0 Å². The minimum atomic E-state index is -0.161. The summed E-state index contributed by atoms with van der Waals surface area (Å²) < 4.78 is 0. The number of hydrazine groups is 1. The molecule has 0 unspecified atom stereocenters. The van der Waals surface area contributed by atoms with Gasteiger partial charge in [0.1, 0.15) is 0 Å². The van der Waals surface area contributed by atoms with Crippen molar-refractivity contribution in [2.45, 2.75) is 33.7 Å². The van der Waals surface area contributed by atoms with Crippen molar-refractivity contribution in [2.75, 3.05) is 13.6 Å². The number of nitrogens with one attached hydrogen (secondary N) is 1. The molecule has 1 rings (SSSR count). The van der Waals surface area contributed by atoms with Gasteiger partial charge in [-0.2, -0.15) is 0 Å². The molecule has 1 aromatic carbocycles. The fraction of sp³-hybridized carbons (Fsp3) is 0.533. The zero-order valence-corrected chi connectivity index (χ0v) is 12.4. The molecule has 3 N–H and O–H groups in total. The van der Waals surface area contributed by atoms with E-state index in [2.05, 4.69) is 44.2 Å². The molecule has 1 aromatic rings. The fourth-order valence-corrected chi connectivity index (χ4v) is 2.26. The van der Waals surface area contributed by atoms with Crippen LogP contribution >= 0.6 is 0 Å². The van der Waals surface area contributed by atoms with Crippen LogP contribution in [0, 0.1) is 5.41 Å². The number of rotatable bonds is 5. The van der Waals surface area contributed by atoms with Crippen molar-refractivity contribution < 1.29 is 4.79 Å². The Kier molecular flexibility index (Phi) is 5.51. The highest BCUT2D eigenvalue weighted by molar-refractivity contribution is 5.78. The SMILES string of the molecule is CN(Cc1ccccc1CC(=O)NN)CC(C)(C)C. The van der Waals surface area contributed by atoms with Crippen LogP contribution in [0.25, 0.3) is 0 Å². The van der Waals surface area contributed by atoms with Gasteiger partial charge in [0.2, 0.25) is 5.91 Å². The molecule has 0 saturated heterocycles. The van der Waals surface area contributed by atoms with Crippen LogP contribution in [-0.4, -0.2) is 24.4 Å². The average Bonchev–Trinajstić information content (AvgIpc) is 2.29. The predicted molar refractivity (Wildman–Crippen MR) is 78.3 cm³/mol. The summed E-state index contributed by atoms with van der Waals surface area (Å²) in [5, 5.41) is 0. The summed E-state index contributed by atoms with van der Waals surface area (Å²) in [5.74, 6) is 4.98. The molecule has 1 amide bonds. The maximum Gasteiger partial charge on any atom is 0.238 e. The molecule has 0 aliphatic rings. The highest BCUT2D eigenvalue weighted by Crippen LogP contribution is 2.17. The third kappa shape index (κ3) is 5.85. The van der Waals surface area contributed by atoms with Crippen molar-refractivity contribution in [3.63, 3.8) is 0 Å². The van der Waals surface area contributed by atoms with Crippen LogP contribution in [0.15, 0.2) is 24.3 Å². The predicted octanol–water partition coefficient (Wildman–Crippen LogP) is 1.70. The van der Waals surface area contributed by atoms with Crippen molar-refractivity contribution in [1.29, 1.82) is 0 Å². The Hall–Kier alpha value is -1.39. The number of hydrogen-bond donors (Lipinski definition) is 2. The lowest BCUT2D eigenvalue weighted by Crippen LogP contribution is -2.32. The van der Waals surface area contributed by atoms with Gasteiger partial charge in [0.15, 0.2) is 0 Å². The Bertz CT molecular complexity index is 424. The molecule has 0 spiro atoms. The van der Waals surface area contributed by atoms with Gasteiger partial charge in [0.25, 0.3) is 0 Å². The highest BCUT2D eigenvalue weighted by Gasteiger charge is 2.15. The number of benzene rings is 1. The largest absolute Gasteiger partial charge is 0.302 e. The summed E-state index contributed by atoms with van der Waals surface area (Å²) >= 11 is 0. The standard InChI is InChI=1S/C15H25N3O/c1-15(2,3)11-18(4)10-13-8-6-5-7-12(13)9-14(19)17-16/h5-8H,9-11,16H2,1-4H3,(H,17,19). The Morgan fingerprint density at radius 1 is 1.26 bits per heavy atom. The molecule has 0 heterocycles. The second kappa shape index (κ2) is 6.68. The number of nitrogens with zero attached hydrogens (tertiary/aromatic N) is 1. The van der Waals surface area contributed by atoms with Gasteiger partial charge in [-0.15, -0.1) is 0 Å². The van der Waals surface area contributed by atoms with Crippen molar-refractivity contribution in [3.05, 3.63) is 35.4 Å². The molecule has 0 saturated carbocycles. The van der Waals surface area contributed by atoms with Crippen molar-refractivity contribution in [3.8, 4) is 0 Å². The van der Waals surface area contributed by atoms with Crippen LogP contribution in [0.3, 0.4) is 0 Å². The maximum absolute atomic E-state index is 11.4. The molecule has 4 heteroatoms. The van der Waals surface area contributed by atoms with Gasteiger partial charge in [0, 0.05) is 13.1 Å². The van der Waals surface area contributed by atoms with E-state index in [0.717, 1.165) is 18.7 Å². The molecule has 4 nitrogen and oxygen atoms in total. The molecule has 0 aromatic heterocycles. The molecule has 0 radical (unpaired) electrons. The second-order valence-corrected chi connectivity index (χ2v) is 6.25. The molecular formula is C15H25N3O. The molecule has 0 bridgehead atoms. The Labute approximate surface area is 115 Å². The normalized spacial score (nSPS) is 11.7. The first-order valence-corrected chi connectivity index (χ1v) is 6.56. The van der Waals surface area contributed by atoms with E-state index in [1.165, 1.54) is 5.56 Å². The quantitative estimate of drug-likeness (QED) is 0.483. The van der Waals surface area contributed by atoms with Crippen LogP contribution in [0.5, 0.6) is 0 Å². The average molecular weight is 263 g/mol. The highest BCUT2D eigenvalue weighted by atomic mass is 16.2. The number of nitrogens with two attached hydrogens (primary N) is 1. The summed E-state index contributed by atoms with van der Waals surface area (Å²) in [7, 11) is 2.10. The van der Waals surface area contributed by atoms with Crippen LogP contribution in [0.4, 0.5) is 0 Å². The molecular weight excluding hydrogens is 238 g/mol. The van der Waals surface area contributed by atoms with Crippen molar-refractivity contribution in [1.82, 2.24) is 10.3 Å². The number of hydrogen-bond acceptors (Lipinski definition) is 3. The zero-order valence-electron chi connectivity index (χ0n) is 12.4. The number of carbonyl (C=O) groups excluding carboxylic acids is 1. The smallest absolute Gasteiger partial charge is 0.238 e. The van der Waals surface area contributed by atoms with E-state index in [-0.39, 0.29) is 11.3 Å². The van der Waals surface area contributed by atoms with E-state index in [4.69, 9.17) is 5.84 Å². The number of carbonyl (C=O) groups is 1. The topological polar surface area (TPSA) is 58.4 Å². The lowest BCUT2D eigenvalue weighted by molar-refractivity contribution is -0.120. The van der Waals surface area contributed by atoms with E-state index in [9.17, 15) is 4.79 Å². The van der Waals surface area contributed by atoms with Gasteiger partial charge in [-0.05, 0) is 23.6 Å². The maximum atomic E-state index is 11.4. The van der Waals surface area contributed by atoms with Gasteiger partial charge in [-0.25, -0.2) is 5.84 Å². The first-order chi connectivity index (χ1) is 8.81. The van der Waals surface area contributed by atoms with E-state index in [1.54, 1.807) is 0 Å². The zero-order chi connectivity index (χ0) is 14.5. The molecule has 0 aliphatic heterocycles. The summed E-state index contributed by atoms with van der Waals surface area (Å²) in [5.41, 5.74) is 4.65. The van der Waals surface area contributed by atoms with Crippen LogP contribution < -0.4 is 11.3 Å². The third-order valence-electron chi connectivity index (χ3n) is 2.81. The third-order valence-corrected chi connectivity index (χ3v) is 2.81. The molecule has 0 fully saturated rings. The fourth-order valence-electron chi connectivity index (χ4n) is 2.26. The Morgan fingerprint density at radius 2 is 1.84 bits per heavy atom. The van der Waals surface area contributed by atoms with Crippen LogP contribution in [0.1, 0.15) is 31.9 Å². The van der Waals surface area contributed by atoms with E-state index in [0.29, 0.717) is 6.42 Å². The first-order valence-electron chi connectivity index (χ1n) is 6.56. The van der Waals surface area contributed by atoms with E-state index in [1.807, 2.05) is 18.2 Å². The lowest BCUT2D eigenvalue weighted by Gasteiger charge is -2.27. The monoisotopic (exact) mass is 263 g/mol. The van der Waals surface area contributed by atoms with Gasteiger partial charge in [-0.1, -0.05) is 45.0 Å². The number of amides is 1. The minimum Gasteiger partial charge on any atom is -0.302 e. The minimum absolute atomic E-state index is 0.161. The van der Waals surface area contributed by atoms with Crippen molar-refractivity contribution in [2.24, 2.45) is 11.3 Å². The Balaban J connectivity index is 2.75. The van der Waals surface area contributed by atoms with Gasteiger partial charge in [0.05, 0.1) is 6.42 Å². The van der Waals surface area contributed by atoms with E-state index < -0.39 is 0 Å². The van der Waals surface area contributed by atoms with Gasteiger partial charge >= 0.3 is 0 Å². The first kappa shape index (κ1) is 15.7. The van der Waals surface area contributed by atoms with Crippen LogP contribution in [0.2, 0.25) is 0 Å². The molecule has 19 heavy (non-hydrogen) atoms. The Morgan fingerprint density at radius 3 is 2.37 bits per heavy atom. The van der Waals surface area contributed by atoms with Crippen LogP contribution in [-0.2, 0) is 17.8 Å². The summed E-state index contributed by atoms with van der Waals surface area (Å²) in [6.07, 6.45) is 0.329.